The zero-order valence-electron chi connectivity index (χ0n) is 12.5. The van der Waals surface area contributed by atoms with Crippen LogP contribution in [0, 0.1) is 0 Å². The van der Waals surface area contributed by atoms with Gasteiger partial charge in [-0.1, -0.05) is 36.4 Å². The average Bonchev–Trinajstić information content (AvgIpc) is 2.86. The van der Waals surface area contributed by atoms with Crippen LogP contribution in [-0.4, -0.2) is 23.9 Å². The molecule has 4 heteroatoms. The van der Waals surface area contributed by atoms with Crippen molar-refractivity contribution in [2.45, 2.75) is 6.04 Å². The molecule has 0 bridgehead atoms. The molecule has 0 amide bonds. The number of methoxy groups -OCH3 is 1. The maximum absolute atomic E-state index is 5.49. The van der Waals surface area contributed by atoms with Gasteiger partial charge in [-0.25, -0.2) is 0 Å². The first-order valence-electron chi connectivity index (χ1n) is 6.98. The van der Waals surface area contributed by atoms with Gasteiger partial charge in [0.2, 0.25) is 0 Å². The van der Waals surface area contributed by atoms with Crippen molar-refractivity contribution in [3.05, 3.63) is 59.8 Å². The molecule has 0 aliphatic carbocycles. The van der Waals surface area contributed by atoms with E-state index in [2.05, 4.69) is 23.5 Å². The van der Waals surface area contributed by atoms with Gasteiger partial charge in [0.1, 0.15) is 5.75 Å². The maximum atomic E-state index is 5.49. The molecule has 1 atom stereocenters. The molecule has 0 fully saturated rings. The number of fused-ring (bicyclic) bond motifs is 1. The number of aryl methyl sites for hydroxylation is 1. The molecule has 3 aromatic rings. The molecule has 21 heavy (non-hydrogen) atoms. The van der Waals surface area contributed by atoms with Crippen LogP contribution in [0.15, 0.2) is 48.5 Å². The van der Waals surface area contributed by atoms with Crippen LogP contribution in [0.3, 0.4) is 0 Å². The zero-order chi connectivity index (χ0) is 14.8. The standard InChI is InChI=1S/C17H19N3O/c1-18-16(13-9-5-7-11-15(13)21-3)17-12-8-4-6-10-14(12)20(2)19-17/h4-11,16,18H,1-3H3. The molecule has 0 aliphatic rings. The highest BCUT2D eigenvalue weighted by Crippen LogP contribution is 2.32. The van der Waals surface area contributed by atoms with Crippen LogP contribution in [0.25, 0.3) is 10.9 Å². The van der Waals surface area contributed by atoms with Gasteiger partial charge in [0.05, 0.1) is 24.4 Å². The number of hydrogen-bond acceptors (Lipinski definition) is 3. The molecule has 0 radical (unpaired) electrons. The van der Waals surface area contributed by atoms with Gasteiger partial charge >= 0.3 is 0 Å². The third kappa shape index (κ3) is 2.28. The lowest BCUT2D eigenvalue weighted by Crippen LogP contribution is -2.19. The van der Waals surface area contributed by atoms with Crippen molar-refractivity contribution in [1.29, 1.82) is 0 Å². The molecule has 4 nitrogen and oxygen atoms in total. The Labute approximate surface area is 124 Å². The maximum Gasteiger partial charge on any atom is 0.124 e. The monoisotopic (exact) mass is 281 g/mol. The van der Waals surface area contributed by atoms with Crippen molar-refractivity contribution in [3.63, 3.8) is 0 Å². The molecular formula is C17H19N3O. The first-order chi connectivity index (χ1) is 10.3. The first-order valence-corrected chi connectivity index (χ1v) is 6.98. The summed E-state index contributed by atoms with van der Waals surface area (Å²) in [6.07, 6.45) is 0. The highest BCUT2D eigenvalue weighted by atomic mass is 16.5. The van der Waals surface area contributed by atoms with E-state index in [1.807, 2.05) is 49.1 Å². The summed E-state index contributed by atoms with van der Waals surface area (Å²) >= 11 is 0. The van der Waals surface area contributed by atoms with Gasteiger partial charge < -0.3 is 10.1 Å². The van der Waals surface area contributed by atoms with Crippen LogP contribution < -0.4 is 10.1 Å². The Kier molecular flexibility index (Phi) is 3.62. The number of para-hydroxylation sites is 2. The van der Waals surface area contributed by atoms with Crippen molar-refractivity contribution in [2.24, 2.45) is 7.05 Å². The Bertz CT molecular complexity index is 764. The zero-order valence-corrected chi connectivity index (χ0v) is 12.5. The van der Waals surface area contributed by atoms with E-state index in [1.165, 1.54) is 0 Å². The van der Waals surface area contributed by atoms with Crippen molar-refractivity contribution in [1.82, 2.24) is 15.1 Å². The van der Waals surface area contributed by atoms with E-state index in [4.69, 9.17) is 9.84 Å². The van der Waals surface area contributed by atoms with Crippen LogP contribution >= 0.6 is 0 Å². The van der Waals surface area contributed by atoms with E-state index in [0.717, 1.165) is 27.9 Å². The Morgan fingerprint density at radius 2 is 1.81 bits per heavy atom. The molecular weight excluding hydrogens is 262 g/mol. The lowest BCUT2D eigenvalue weighted by atomic mass is 10.00. The van der Waals surface area contributed by atoms with E-state index >= 15 is 0 Å². The predicted molar refractivity (Wildman–Crippen MR) is 84.6 cm³/mol. The summed E-state index contributed by atoms with van der Waals surface area (Å²) in [5.41, 5.74) is 3.23. The fraction of sp³-hybridized carbons (Fsp3) is 0.235. The molecule has 1 N–H and O–H groups in total. The van der Waals surface area contributed by atoms with Gasteiger partial charge in [-0.05, 0) is 19.2 Å². The van der Waals surface area contributed by atoms with Gasteiger partial charge in [-0.2, -0.15) is 5.10 Å². The normalized spacial score (nSPS) is 12.5. The average molecular weight is 281 g/mol. The summed E-state index contributed by atoms with van der Waals surface area (Å²) in [5.74, 6) is 0.867. The number of aromatic nitrogens is 2. The smallest absolute Gasteiger partial charge is 0.124 e. The predicted octanol–water partition coefficient (Wildman–Crippen LogP) is 2.89. The molecule has 0 aliphatic heterocycles. The molecule has 1 unspecified atom stereocenters. The molecule has 2 aromatic carbocycles. The fourth-order valence-electron chi connectivity index (χ4n) is 2.80. The van der Waals surface area contributed by atoms with E-state index in [-0.39, 0.29) is 6.04 Å². The first kappa shape index (κ1) is 13.6. The van der Waals surface area contributed by atoms with Gasteiger partial charge in [-0.15, -0.1) is 0 Å². The van der Waals surface area contributed by atoms with Crippen molar-refractivity contribution < 1.29 is 4.74 Å². The van der Waals surface area contributed by atoms with Gasteiger partial charge in [0.25, 0.3) is 0 Å². The summed E-state index contributed by atoms with van der Waals surface area (Å²) in [6.45, 7) is 0. The lowest BCUT2D eigenvalue weighted by molar-refractivity contribution is 0.405. The minimum Gasteiger partial charge on any atom is -0.496 e. The summed E-state index contributed by atoms with van der Waals surface area (Å²) < 4.78 is 7.41. The number of nitrogens with one attached hydrogen (secondary N) is 1. The molecule has 108 valence electrons. The summed E-state index contributed by atoms with van der Waals surface area (Å²) in [7, 11) is 5.61. The van der Waals surface area contributed by atoms with E-state index < -0.39 is 0 Å². The second-order valence-electron chi connectivity index (χ2n) is 4.99. The highest BCUT2D eigenvalue weighted by molar-refractivity contribution is 5.82. The second-order valence-corrected chi connectivity index (χ2v) is 4.99. The number of hydrogen-bond donors (Lipinski definition) is 1. The van der Waals surface area contributed by atoms with Crippen LogP contribution in [0.5, 0.6) is 5.75 Å². The Morgan fingerprint density at radius 1 is 1.10 bits per heavy atom. The fourth-order valence-corrected chi connectivity index (χ4v) is 2.80. The van der Waals surface area contributed by atoms with Crippen molar-refractivity contribution >= 4 is 10.9 Å². The quantitative estimate of drug-likeness (QED) is 0.799. The van der Waals surface area contributed by atoms with Crippen molar-refractivity contribution in [2.75, 3.05) is 14.2 Å². The second kappa shape index (κ2) is 5.58. The van der Waals surface area contributed by atoms with Crippen LogP contribution in [0.4, 0.5) is 0 Å². The van der Waals surface area contributed by atoms with E-state index in [0.29, 0.717) is 0 Å². The Balaban J connectivity index is 2.19. The third-order valence-electron chi connectivity index (χ3n) is 3.80. The van der Waals surface area contributed by atoms with Crippen LogP contribution in [0.1, 0.15) is 17.3 Å². The minimum atomic E-state index is -0.00718. The largest absolute Gasteiger partial charge is 0.496 e. The summed E-state index contributed by atoms with van der Waals surface area (Å²) in [5, 5.41) is 9.23. The van der Waals surface area contributed by atoms with Crippen molar-refractivity contribution in [3.8, 4) is 5.75 Å². The molecule has 0 saturated heterocycles. The number of nitrogens with zero attached hydrogens (tertiary/aromatic N) is 2. The summed E-state index contributed by atoms with van der Waals surface area (Å²) in [6, 6.07) is 16.3. The number of benzene rings is 2. The van der Waals surface area contributed by atoms with E-state index in [9.17, 15) is 0 Å². The lowest BCUT2D eigenvalue weighted by Gasteiger charge is -2.18. The highest BCUT2D eigenvalue weighted by Gasteiger charge is 2.21. The number of ether oxygens (including phenoxy) is 1. The van der Waals surface area contributed by atoms with Crippen LogP contribution in [0.2, 0.25) is 0 Å². The van der Waals surface area contributed by atoms with Gasteiger partial charge in [-0.3, -0.25) is 4.68 Å². The van der Waals surface area contributed by atoms with E-state index in [1.54, 1.807) is 7.11 Å². The summed E-state index contributed by atoms with van der Waals surface area (Å²) in [4.78, 5) is 0. The molecule has 0 spiro atoms. The van der Waals surface area contributed by atoms with Gasteiger partial charge in [0, 0.05) is 18.0 Å². The van der Waals surface area contributed by atoms with Gasteiger partial charge in [0.15, 0.2) is 0 Å². The topological polar surface area (TPSA) is 39.1 Å². The minimum absolute atomic E-state index is 0.00718. The molecule has 0 saturated carbocycles. The molecule has 1 heterocycles. The molecule has 3 rings (SSSR count). The number of rotatable bonds is 4. The van der Waals surface area contributed by atoms with Crippen LogP contribution in [-0.2, 0) is 7.05 Å². The third-order valence-corrected chi connectivity index (χ3v) is 3.80. The Morgan fingerprint density at radius 3 is 2.57 bits per heavy atom. The SMILES string of the molecule is CNC(c1ccccc1OC)c1nn(C)c2ccccc12. The molecule has 1 aromatic heterocycles. The Hall–Kier alpha value is -2.33.